The van der Waals surface area contributed by atoms with Gasteiger partial charge in [0.1, 0.15) is 0 Å². The van der Waals surface area contributed by atoms with Crippen LogP contribution in [0.1, 0.15) is 36.0 Å². The number of nitrogens with one attached hydrogen (secondary N) is 1. The van der Waals surface area contributed by atoms with Crippen molar-refractivity contribution < 1.29 is 4.79 Å². The third-order valence-electron chi connectivity index (χ3n) is 3.93. The molecule has 1 amide bonds. The molecule has 3 rings (SSSR count). The number of carbonyl (C=O) groups excluding carboxylic acids is 1. The van der Waals surface area contributed by atoms with E-state index in [2.05, 4.69) is 26.5 Å². The third-order valence-corrected chi connectivity index (χ3v) is 4.62. The van der Waals surface area contributed by atoms with Gasteiger partial charge in [-0.3, -0.25) is 4.79 Å². The van der Waals surface area contributed by atoms with Crippen LogP contribution in [0.15, 0.2) is 33.8 Å². The van der Waals surface area contributed by atoms with E-state index < -0.39 is 0 Å². The third kappa shape index (κ3) is 2.21. The summed E-state index contributed by atoms with van der Waals surface area (Å²) in [5, 5.41) is 4.32. The minimum atomic E-state index is -0.141. The highest BCUT2D eigenvalue weighted by molar-refractivity contribution is 9.10. The highest BCUT2D eigenvalue weighted by Crippen LogP contribution is 2.42. The second-order valence-electron chi connectivity index (χ2n) is 5.10. The Balaban J connectivity index is 1.69. The molecule has 3 nitrogen and oxygen atoms in total. The molecule has 0 aromatic heterocycles. The molecule has 2 saturated carbocycles. The van der Waals surface area contributed by atoms with Gasteiger partial charge in [-0.2, -0.15) is 5.10 Å². The van der Waals surface area contributed by atoms with Gasteiger partial charge < -0.3 is 0 Å². The zero-order chi connectivity index (χ0) is 12.5. The van der Waals surface area contributed by atoms with Crippen LogP contribution in [-0.4, -0.2) is 11.6 Å². The molecule has 18 heavy (non-hydrogen) atoms. The second-order valence-corrected chi connectivity index (χ2v) is 5.96. The second kappa shape index (κ2) is 4.84. The number of hydrogen-bond acceptors (Lipinski definition) is 2. The van der Waals surface area contributed by atoms with Crippen LogP contribution in [0.25, 0.3) is 0 Å². The monoisotopic (exact) mass is 306 g/mol. The van der Waals surface area contributed by atoms with Gasteiger partial charge in [0.15, 0.2) is 0 Å². The number of carbonyl (C=O) groups is 1. The summed E-state index contributed by atoms with van der Waals surface area (Å²) in [6.07, 6.45) is 4.92. The Morgan fingerprint density at radius 2 is 2.17 bits per heavy atom. The van der Waals surface area contributed by atoms with Crippen molar-refractivity contribution >= 4 is 27.5 Å². The number of halogens is 1. The molecular formula is C14H15BrN2O. The number of benzene rings is 1. The predicted molar refractivity (Wildman–Crippen MR) is 74.5 cm³/mol. The Labute approximate surface area is 115 Å². The van der Waals surface area contributed by atoms with Crippen LogP contribution in [0.2, 0.25) is 0 Å². The molecular weight excluding hydrogens is 292 g/mol. The van der Waals surface area contributed by atoms with Gasteiger partial charge in [-0.05, 0) is 65.6 Å². The van der Waals surface area contributed by atoms with Crippen LogP contribution >= 0.6 is 15.9 Å². The minimum absolute atomic E-state index is 0.141. The zero-order valence-corrected chi connectivity index (χ0v) is 11.6. The van der Waals surface area contributed by atoms with E-state index in [9.17, 15) is 4.79 Å². The van der Waals surface area contributed by atoms with E-state index in [0.717, 1.165) is 16.8 Å². The lowest BCUT2D eigenvalue weighted by molar-refractivity contribution is 0.0953. The molecule has 4 heteroatoms. The standard InChI is InChI=1S/C14H15BrN2O/c15-12-4-2-1-3-11(12)14(18)17-16-13-8-9-5-6-10(13)7-9/h1-4,9-10H,5-8H2,(H,17,18)/b16-13+/t9-,10-/m1/s1. The van der Waals surface area contributed by atoms with Gasteiger partial charge in [0.2, 0.25) is 0 Å². The molecule has 0 spiro atoms. The van der Waals surface area contributed by atoms with Gasteiger partial charge in [-0.1, -0.05) is 12.1 Å². The Morgan fingerprint density at radius 3 is 2.83 bits per heavy atom. The molecule has 2 aliphatic carbocycles. The summed E-state index contributed by atoms with van der Waals surface area (Å²) >= 11 is 3.37. The molecule has 1 aromatic carbocycles. The van der Waals surface area contributed by atoms with Gasteiger partial charge in [0, 0.05) is 10.2 Å². The molecule has 1 aromatic rings. The first-order valence-electron chi connectivity index (χ1n) is 6.35. The number of fused-ring (bicyclic) bond motifs is 2. The molecule has 0 unspecified atom stereocenters. The normalized spacial score (nSPS) is 27.7. The summed E-state index contributed by atoms with van der Waals surface area (Å²) in [4.78, 5) is 12.0. The topological polar surface area (TPSA) is 41.5 Å². The van der Waals surface area contributed by atoms with Crippen LogP contribution in [-0.2, 0) is 0 Å². The Morgan fingerprint density at radius 1 is 1.33 bits per heavy atom. The van der Waals surface area contributed by atoms with E-state index in [1.807, 2.05) is 18.2 Å². The van der Waals surface area contributed by atoms with Crippen molar-refractivity contribution in [1.82, 2.24) is 5.43 Å². The fourth-order valence-corrected chi connectivity index (χ4v) is 3.46. The van der Waals surface area contributed by atoms with E-state index in [1.165, 1.54) is 25.0 Å². The highest BCUT2D eigenvalue weighted by Gasteiger charge is 2.36. The maximum Gasteiger partial charge on any atom is 0.272 e. The highest BCUT2D eigenvalue weighted by atomic mass is 79.9. The predicted octanol–water partition coefficient (Wildman–Crippen LogP) is 3.35. The number of nitrogens with zero attached hydrogens (tertiary/aromatic N) is 1. The van der Waals surface area contributed by atoms with Gasteiger partial charge in [0.05, 0.1) is 5.56 Å². The quantitative estimate of drug-likeness (QED) is 0.836. The van der Waals surface area contributed by atoms with Crippen molar-refractivity contribution in [3.63, 3.8) is 0 Å². The lowest BCUT2D eigenvalue weighted by Crippen LogP contribution is -2.22. The molecule has 2 aliphatic rings. The van der Waals surface area contributed by atoms with E-state index in [-0.39, 0.29) is 5.91 Å². The Bertz CT molecular complexity index is 512. The Kier molecular flexibility index (Phi) is 3.20. The summed E-state index contributed by atoms with van der Waals surface area (Å²) in [5.74, 6) is 1.29. The fourth-order valence-electron chi connectivity index (χ4n) is 2.99. The zero-order valence-electron chi connectivity index (χ0n) is 10.0. The molecule has 2 fully saturated rings. The van der Waals surface area contributed by atoms with Crippen LogP contribution in [0, 0.1) is 11.8 Å². The van der Waals surface area contributed by atoms with Crippen molar-refractivity contribution in [3.8, 4) is 0 Å². The van der Waals surface area contributed by atoms with E-state index >= 15 is 0 Å². The van der Waals surface area contributed by atoms with E-state index in [0.29, 0.717) is 11.5 Å². The number of hydrazone groups is 1. The van der Waals surface area contributed by atoms with Crippen molar-refractivity contribution in [3.05, 3.63) is 34.3 Å². The van der Waals surface area contributed by atoms with Crippen molar-refractivity contribution in [2.75, 3.05) is 0 Å². The van der Waals surface area contributed by atoms with E-state index in [4.69, 9.17) is 0 Å². The molecule has 2 bridgehead atoms. The Hall–Kier alpha value is -1.16. The van der Waals surface area contributed by atoms with Gasteiger partial charge in [0.25, 0.3) is 5.91 Å². The van der Waals surface area contributed by atoms with Crippen LogP contribution in [0.5, 0.6) is 0 Å². The van der Waals surface area contributed by atoms with Crippen molar-refractivity contribution in [2.45, 2.75) is 25.7 Å². The molecule has 0 radical (unpaired) electrons. The first kappa shape index (κ1) is 11.9. The first-order chi connectivity index (χ1) is 8.74. The van der Waals surface area contributed by atoms with Gasteiger partial charge >= 0.3 is 0 Å². The first-order valence-corrected chi connectivity index (χ1v) is 7.14. The number of amides is 1. The SMILES string of the molecule is O=C(N/N=C1\C[C@@H]2CC[C@@H]1C2)c1ccccc1Br. The average molecular weight is 307 g/mol. The summed E-state index contributed by atoms with van der Waals surface area (Å²) in [6.45, 7) is 0. The van der Waals surface area contributed by atoms with Crippen molar-refractivity contribution in [1.29, 1.82) is 0 Å². The largest absolute Gasteiger partial charge is 0.272 e. The van der Waals surface area contributed by atoms with Gasteiger partial charge in [-0.15, -0.1) is 0 Å². The van der Waals surface area contributed by atoms with E-state index in [1.54, 1.807) is 6.07 Å². The number of rotatable bonds is 2. The fraction of sp³-hybridized carbons (Fsp3) is 0.429. The maximum atomic E-state index is 12.0. The molecule has 1 N–H and O–H groups in total. The molecule has 0 aliphatic heterocycles. The summed E-state index contributed by atoms with van der Waals surface area (Å²) in [5.41, 5.74) is 4.50. The average Bonchev–Trinajstić information content (AvgIpc) is 2.98. The maximum absolute atomic E-state index is 12.0. The lowest BCUT2D eigenvalue weighted by Gasteiger charge is -2.11. The minimum Gasteiger partial charge on any atom is -0.267 e. The lowest BCUT2D eigenvalue weighted by atomic mass is 9.99. The molecule has 0 saturated heterocycles. The van der Waals surface area contributed by atoms with Crippen LogP contribution in [0.3, 0.4) is 0 Å². The molecule has 2 atom stereocenters. The molecule has 0 heterocycles. The van der Waals surface area contributed by atoms with Gasteiger partial charge in [-0.25, -0.2) is 5.43 Å². The summed E-state index contributed by atoms with van der Waals surface area (Å²) in [6, 6.07) is 7.40. The summed E-state index contributed by atoms with van der Waals surface area (Å²) < 4.78 is 0.802. The summed E-state index contributed by atoms with van der Waals surface area (Å²) in [7, 11) is 0. The van der Waals surface area contributed by atoms with Crippen LogP contribution < -0.4 is 5.43 Å². The smallest absolute Gasteiger partial charge is 0.267 e. The van der Waals surface area contributed by atoms with Crippen LogP contribution in [0.4, 0.5) is 0 Å². The number of hydrogen-bond donors (Lipinski definition) is 1. The molecule has 94 valence electrons. The van der Waals surface area contributed by atoms with Crippen molar-refractivity contribution in [2.24, 2.45) is 16.9 Å².